The van der Waals surface area contributed by atoms with Gasteiger partial charge in [0, 0.05) is 19.4 Å². The maximum Gasteiger partial charge on any atom is 0.245 e. The van der Waals surface area contributed by atoms with Gasteiger partial charge in [-0.15, -0.1) is 12.4 Å². The monoisotopic (exact) mass is 343 g/mol. The number of benzene rings is 2. The van der Waals surface area contributed by atoms with Gasteiger partial charge in [0.25, 0.3) is 0 Å². The third-order valence-corrected chi connectivity index (χ3v) is 3.84. The minimum absolute atomic E-state index is 0. The van der Waals surface area contributed by atoms with Crippen molar-refractivity contribution in [1.82, 2.24) is 0 Å². The molecular formula is C19H22ClN3O. The Morgan fingerprint density at radius 2 is 1.58 bits per heavy atom. The Hall–Kier alpha value is -2.33. The van der Waals surface area contributed by atoms with Crippen molar-refractivity contribution in [2.45, 2.75) is 26.2 Å². The fourth-order valence-corrected chi connectivity index (χ4v) is 2.74. The molecule has 24 heavy (non-hydrogen) atoms. The predicted molar refractivity (Wildman–Crippen MR) is 102 cm³/mol. The van der Waals surface area contributed by atoms with Crippen LogP contribution in [-0.2, 0) is 4.79 Å². The van der Waals surface area contributed by atoms with Crippen LogP contribution in [-0.4, -0.2) is 18.3 Å². The van der Waals surface area contributed by atoms with E-state index in [0.29, 0.717) is 6.42 Å². The van der Waals surface area contributed by atoms with Crippen LogP contribution in [0.5, 0.6) is 0 Å². The summed E-state index contributed by atoms with van der Waals surface area (Å²) in [6.45, 7) is 2.71. The van der Waals surface area contributed by atoms with Crippen LogP contribution in [0, 0.1) is 0 Å². The number of hydrazine groups is 1. The molecule has 0 aliphatic carbocycles. The van der Waals surface area contributed by atoms with E-state index < -0.39 is 0 Å². The van der Waals surface area contributed by atoms with E-state index in [1.54, 1.807) is 5.01 Å². The summed E-state index contributed by atoms with van der Waals surface area (Å²) in [7, 11) is 0. The molecule has 4 nitrogen and oxygen atoms in total. The summed E-state index contributed by atoms with van der Waals surface area (Å²) in [6.07, 6.45) is 2.35. The zero-order valence-electron chi connectivity index (χ0n) is 13.8. The van der Waals surface area contributed by atoms with E-state index in [1.807, 2.05) is 72.6 Å². The molecule has 2 aromatic carbocycles. The van der Waals surface area contributed by atoms with Crippen molar-refractivity contribution in [2.24, 2.45) is 4.99 Å². The van der Waals surface area contributed by atoms with Gasteiger partial charge in [-0.1, -0.05) is 43.3 Å². The average molecular weight is 344 g/mol. The normalized spacial score (nSPS) is 13.0. The molecule has 0 saturated heterocycles. The van der Waals surface area contributed by atoms with Gasteiger partial charge in [0.2, 0.25) is 5.91 Å². The molecule has 0 aromatic heterocycles. The molecule has 0 radical (unpaired) electrons. The summed E-state index contributed by atoms with van der Waals surface area (Å²) in [6, 6.07) is 19.7. The maximum atomic E-state index is 12.7. The number of hydrogen-bond acceptors (Lipinski definition) is 3. The number of nitrogens with zero attached hydrogens (tertiary/aromatic N) is 3. The van der Waals surface area contributed by atoms with Crippen molar-refractivity contribution in [3.63, 3.8) is 0 Å². The van der Waals surface area contributed by atoms with E-state index in [-0.39, 0.29) is 18.3 Å². The van der Waals surface area contributed by atoms with E-state index in [2.05, 4.69) is 4.99 Å². The minimum atomic E-state index is 0. The smallest absolute Gasteiger partial charge is 0.245 e. The summed E-state index contributed by atoms with van der Waals surface area (Å²) < 4.78 is 0. The van der Waals surface area contributed by atoms with Gasteiger partial charge in [0.05, 0.1) is 11.4 Å². The molecule has 3 rings (SSSR count). The lowest BCUT2D eigenvalue weighted by molar-refractivity contribution is -0.118. The molecule has 1 aliphatic rings. The highest BCUT2D eigenvalue weighted by Crippen LogP contribution is 2.26. The Morgan fingerprint density at radius 3 is 2.08 bits per heavy atom. The summed E-state index contributed by atoms with van der Waals surface area (Å²) in [5.41, 5.74) is 1.82. The molecule has 126 valence electrons. The van der Waals surface area contributed by atoms with Crippen LogP contribution in [0.25, 0.3) is 0 Å². The third kappa shape index (κ3) is 3.77. The quantitative estimate of drug-likeness (QED) is 0.771. The fraction of sp³-hybridized carbons (Fsp3) is 0.263. The second-order valence-corrected chi connectivity index (χ2v) is 5.44. The second kappa shape index (κ2) is 8.50. The van der Waals surface area contributed by atoms with Crippen LogP contribution >= 0.6 is 12.4 Å². The van der Waals surface area contributed by atoms with Gasteiger partial charge in [0.1, 0.15) is 5.84 Å². The number of aliphatic imine (C=N–C) groups is 1. The molecule has 0 unspecified atom stereocenters. The second-order valence-electron chi connectivity index (χ2n) is 5.44. The highest BCUT2D eigenvalue weighted by molar-refractivity contribution is 6.08. The van der Waals surface area contributed by atoms with Crippen LogP contribution in [0.3, 0.4) is 0 Å². The molecule has 0 bridgehead atoms. The van der Waals surface area contributed by atoms with Gasteiger partial charge in [-0.3, -0.25) is 9.79 Å². The lowest BCUT2D eigenvalue weighted by Crippen LogP contribution is -2.50. The molecule has 0 N–H and O–H groups in total. The number of para-hydroxylation sites is 2. The molecule has 0 saturated carbocycles. The lowest BCUT2D eigenvalue weighted by Gasteiger charge is -2.36. The minimum Gasteiger partial charge on any atom is -0.273 e. The molecule has 0 spiro atoms. The number of halogens is 1. The van der Waals surface area contributed by atoms with Crippen molar-refractivity contribution in [2.75, 3.05) is 16.6 Å². The number of rotatable bonds is 3. The zero-order valence-corrected chi connectivity index (χ0v) is 14.6. The van der Waals surface area contributed by atoms with E-state index in [0.717, 1.165) is 36.6 Å². The molecule has 1 amide bonds. The summed E-state index contributed by atoms with van der Waals surface area (Å²) in [5, 5.41) is 3.72. The van der Waals surface area contributed by atoms with Crippen LogP contribution in [0.15, 0.2) is 65.7 Å². The predicted octanol–water partition coefficient (Wildman–Crippen LogP) is 4.47. The molecule has 0 atom stereocenters. The van der Waals surface area contributed by atoms with Gasteiger partial charge in [-0.25, -0.2) is 10.0 Å². The number of hydrogen-bond donors (Lipinski definition) is 0. The van der Waals surface area contributed by atoms with Crippen LogP contribution in [0.2, 0.25) is 0 Å². The van der Waals surface area contributed by atoms with Gasteiger partial charge in [0.15, 0.2) is 0 Å². The van der Waals surface area contributed by atoms with Crippen molar-refractivity contribution in [1.29, 1.82) is 0 Å². The first-order valence-electron chi connectivity index (χ1n) is 8.07. The fourth-order valence-electron chi connectivity index (χ4n) is 2.74. The van der Waals surface area contributed by atoms with Gasteiger partial charge in [-0.2, -0.15) is 0 Å². The summed E-state index contributed by atoms with van der Waals surface area (Å²) in [4.78, 5) is 17.3. The van der Waals surface area contributed by atoms with Gasteiger partial charge < -0.3 is 0 Å². The molecule has 2 aromatic rings. The Balaban J connectivity index is 0.00000208. The zero-order chi connectivity index (χ0) is 16.1. The summed E-state index contributed by atoms with van der Waals surface area (Å²) in [5.74, 6) is 0.997. The molecule has 1 heterocycles. The topological polar surface area (TPSA) is 35.9 Å². The van der Waals surface area contributed by atoms with Crippen molar-refractivity contribution in [3.05, 3.63) is 60.7 Å². The van der Waals surface area contributed by atoms with Gasteiger partial charge in [-0.05, 0) is 30.7 Å². The van der Waals surface area contributed by atoms with E-state index >= 15 is 0 Å². The Kier molecular flexibility index (Phi) is 6.38. The van der Waals surface area contributed by atoms with Crippen LogP contribution < -0.4 is 10.0 Å². The van der Waals surface area contributed by atoms with Crippen LogP contribution in [0.1, 0.15) is 26.2 Å². The Morgan fingerprint density at radius 1 is 1.00 bits per heavy atom. The van der Waals surface area contributed by atoms with Crippen molar-refractivity contribution in [3.8, 4) is 0 Å². The number of amidine groups is 1. The maximum absolute atomic E-state index is 12.7. The highest BCUT2D eigenvalue weighted by atomic mass is 35.5. The molecular weight excluding hydrogens is 322 g/mol. The largest absolute Gasteiger partial charge is 0.273 e. The number of carbonyl (C=O) groups excluding carboxylic acids is 1. The van der Waals surface area contributed by atoms with E-state index in [9.17, 15) is 4.79 Å². The number of anilines is 2. The lowest BCUT2D eigenvalue weighted by atomic mass is 10.2. The summed E-state index contributed by atoms with van der Waals surface area (Å²) >= 11 is 0. The SMILES string of the molecule is CCC(=O)N(c1ccccc1)N(C1=NCCC1)c1ccccc1.Cl. The number of carbonyl (C=O) groups is 1. The van der Waals surface area contributed by atoms with Crippen LogP contribution in [0.4, 0.5) is 11.4 Å². The first-order valence-corrected chi connectivity index (χ1v) is 8.07. The Bertz CT molecular complexity index is 688. The third-order valence-electron chi connectivity index (χ3n) is 3.84. The van der Waals surface area contributed by atoms with Crippen molar-refractivity contribution < 1.29 is 4.79 Å². The first-order chi connectivity index (χ1) is 11.3. The van der Waals surface area contributed by atoms with Gasteiger partial charge >= 0.3 is 0 Å². The van der Waals surface area contributed by atoms with E-state index in [4.69, 9.17) is 0 Å². The highest BCUT2D eigenvalue weighted by Gasteiger charge is 2.27. The first kappa shape index (κ1) is 18.0. The van der Waals surface area contributed by atoms with Crippen molar-refractivity contribution >= 4 is 35.5 Å². The number of amides is 1. The molecule has 5 heteroatoms. The molecule has 0 fully saturated rings. The standard InChI is InChI=1S/C19H21N3O.ClH/c1-2-19(23)22(17-12-7-4-8-13-17)21(18-14-9-15-20-18)16-10-5-3-6-11-16;/h3-8,10-13H,2,9,14-15H2,1H3;1H. The Labute approximate surface area is 149 Å². The van der Waals surface area contributed by atoms with E-state index in [1.165, 1.54) is 0 Å². The molecule has 1 aliphatic heterocycles. The average Bonchev–Trinajstić information content (AvgIpc) is 3.14.